The van der Waals surface area contributed by atoms with E-state index in [2.05, 4.69) is 19.9 Å². The van der Waals surface area contributed by atoms with Crippen molar-refractivity contribution in [2.24, 2.45) is 0 Å². The topological polar surface area (TPSA) is 110 Å². The Balaban J connectivity index is 1.82. The van der Waals surface area contributed by atoms with Crippen molar-refractivity contribution in [2.75, 3.05) is 0 Å². The molecule has 0 unspecified atom stereocenters. The standard InChI is InChI=1S/C22H22N4O4/c1-3-17(27)29-19(21-23-13-9-5-6-10-14(13)24-21)20(30-18(28)4-2)22-25-15-11-7-8-12-16(15)26-22/h5-12,19-20H,3-4H2,1-2H3,(H,23,24)(H,25,26)/t19-,20+. The molecule has 4 rings (SSSR count). The number of imidazole rings is 2. The van der Waals surface area contributed by atoms with E-state index >= 15 is 0 Å². The van der Waals surface area contributed by atoms with Crippen LogP contribution in [-0.2, 0) is 19.1 Å². The maximum Gasteiger partial charge on any atom is 0.306 e. The molecule has 154 valence electrons. The van der Waals surface area contributed by atoms with Gasteiger partial charge in [0.25, 0.3) is 0 Å². The highest BCUT2D eigenvalue weighted by atomic mass is 16.6. The summed E-state index contributed by atoms with van der Waals surface area (Å²) in [6.07, 6.45) is -1.63. The minimum atomic E-state index is -0.985. The van der Waals surface area contributed by atoms with Crippen LogP contribution in [0.1, 0.15) is 50.5 Å². The third-order valence-corrected chi connectivity index (χ3v) is 4.72. The monoisotopic (exact) mass is 406 g/mol. The van der Waals surface area contributed by atoms with Crippen LogP contribution >= 0.6 is 0 Å². The molecule has 4 aromatic rings. The molecule has 2 aromatic carbocycles. The predicted molar refractivity (Wildman–Crippen MR) is 110 cm³/mol. The van der Waals surface area contributed by atoms with Gasteiger partial charge in [-0.05, 0) is 24.3 Å². The van der Waals surface area contributed by atoms with Gasteiger partial charge >= 0.3 is 11.9 Å². The Morgan fingerprint density at radius 3 is 1.53 bits per heavy atom. The number of benzene rings is 2. The maximum atomic E-state index is 12.2. The van der Waals surface area contributed by atoms with Gasteiger partial charge in [-0.3, -0.25) is 9.59 Å². The number of aromatic amines is 2. The molecule has 0 bridgehead atoms. The summed E-state index contributed by atoms with van der Waals surface area (Å²) in [6, 6.07) is 14.9. The molecule has 0 saturated carbocycles. The minimum Gasteiger partial charge on any atom is -0.450 e. The Labute approximate surface area is 172 Å². The first kappa shape index (κ1) is 19.6. The van der Waals surface area contributed by atoms with Crippen molar-refractivity contribution in [3.63, 3.8) is 0 Å². The molecule has 8 nitrogen and oxygen atoms in total. The largest absolute Gasteiger partial charge is 0.450 e. The van der Waals surface area contributed by atoms with Crippen molar-refractivity contribution >= 4 is 34.0 Å². The van der Waals surface area contributed by atoms with E-state index in [-0.39, 0.29) is 12.8 Å². The van der Waals surface area contributed by atoms with Crippen molar-refractivity contribution < 1.29 is 19.1 Å². The number of carbonyl (C=O) groups is 2. The van der Waals surface area contributed by atoms with Crippen LogP contribution in [0.3, 0.4) is 0 Å². The lowest BCUT2D eigenvalue weighted by atomic mass is 10.1. The molecule has 2 heterocycles. The molecule has 0 aliphatic heterocycles. The van der Waals surface area contributed by atoms with Gasteiger partial charge in [0.2, 0.25) is 12.2 Å². The smallest absolute Gasteiger partial charge is 0.306 e. The molecule has 2 N–H and O–H groups in total. The molecular weight excluding hydrogens is 384 g/mol. The van der Waals surface area contributed by atoms with Crippen molar-refractivity contribution in [1.29, 1.82) is 0 Å². The quantitative estimate of drug-likeness (QED) is 0.447. The molecule has 0 fully saturated rings. The molecule has 0 aliphatic rings. The van der Waals surface area contributed by atoms with Crippen LogP contribution in [0.15, 0.2) is 48.5 Å². The number of rotatable bonds is 7. The number of aromatic nitrogens is 4. The van der Waals surface area contributed by atoms with Gasteiger partial charge in [0, 0.05) is 12.8 Å². The van der Waals surface area contributed by atoms with E-state index in [1.165, 1.54) is 0 Å². The maximum absolute atomic E-state index is 12.2. The number of nitrogens with zero attached hydrogens (tertiary/aromatic N) is 2. The zero-order valence-electron chi connectivity index (χ0n) is 16.7. The van der Waals surface area contributed by atoms with E-state index in [4.69, 9.17) is 9.47 Å². The first-order chi connectivity index (χ1) is 14.6. The Bertz CT molecular complexity index is 1040. The normalized spacial score (nSPS) is 13.3. The summed E-state index contributed by atoms with van der Waals surface area (Å²) >= 11 is 0. The lowest BCUT2D eigenvalue weighted by Crippen LogP contribution is -2.24. The molecule has 0 spiro atoms. The number of carbonyl (C=O) groups excluding carboxylic acids is 2. The number of hydrogen-bond acceptors (Lipinski definition) is 6. The summed E-state index contributed by atoms with van der Waals surface area (Å²) in [7, 11) is 0. The number of hydrogen-bond donors (Lipinski definition) is 2. The Morgan fingerprint density at radius 2 is 1.17 bits per heavy atom. The van der Waals surface area contributed by atoms with Gasteiger partial charge in [-0.15, -0.1) is 0 Å². The third-order valence-electron chi connectivity index (χ3n) is 4.72. The second kappa shape index (κ2) is 8.36. The molecule has 2 aromatic heterocycles. The van der Waals surface area contributed by atoms with Crippen LogP contribution in [-0.4, -0.2) is 31.9 Å². The molecule has 0 radical (unpaired) electrons. The van der Waals surface area contributed by atoms with Crippen molar-refractivity contribution in [1.82, 2.24) is 19.9 Å². The number of ether oxygens (including phenoxy) is 2. The van der Waals surface area contributed by atoms with Gasteiger partial charge < -0.3 is 19.4 Å². The first-order valence-corrected chi connectivity index (χ1v) is 9.87. The van der Waals surface area contributed by atoms with Crippen LogP contribution in [0.2, 0.25) is 0 Å². The lowest BCUT2D eigenvalue weighted by Gasteiger charge is -2.24. The minimum absolute atomic E-state index is 0.172. The Hall–Kier alpha value is -3.68. The zero-order chi connectivity index (χ0) is 21.1. The van der Waals surface area contributed by atoms with Crippen molar-refractivity contribution in [3.05, 3.63) is 60.2 Å². The first-order valence-electron chi connectivity index (χ1n) is 9.87. The van der Waals surface area contributed by atoms with E-state index < -0.39 is 24.1 Å². The molecule has 2 atom stereocenters. The van der Waals surface area contributed by atoms with Gasteiger partial charge in [0.1, 0.15) is 0 Å². The molecule has 0 saturated heterocycles. The van der Waals surface area contributed by atoms with Crippen molar-refractivity contribution in [3.8, 4) is 0 Å². The second-order valence-electron chi connectivity index (χ2n) is 6.81. The summed E-state index contributed by atoms with van der Waals surface area (Å²) < 4.78 is 11.4. The lowest BCUT2D eigenvalue weighted by molar-refractivity contribution is -0.170. The fourth-order valence-electron chi connectivity index (χ4n) is 3.19. The number of para-hydroxylation sites is 4. The van der Waals surface area contributed by atoms with E-state index in [0.29, 0.717) is 11.6 Å². The molecule has 8 heteroatoms. The number of nitrogens with one attached hydrogen (secondary N) is 2. The van der Waals surface area contributed by atoms with E-state index in [1.54, 1.807) is 13.8 Å². The predicted octanol–water partition coefficient (Wildman–Crippen LogP) is 4.13. The van der Waals surface area contributed by atoms with Gasteiger partial charge in [-0.25, -0.2) is 9.97 Å². The van der Waals surface area contributed by atoms with E-state index in [1.807, 2.05) is 48.5 Å². The molecule has 0 amide bonds. The highest BCUT2D eigenvalue weighted by Crippen LogP contribution is 2.35. The SMILES string of the molecule is CCC(=O)O[C@H](c1nc2ccccc2[nH]1)[C@@H](OC(=O)CC)c1nc2ccccc2[nH]1. The Morgan fingerprint density at radius 1 is 0.767 bits per heavy atom. The summed E-state index contributed by atoms with van der Waals surface area (Å²) in [5.74, 6) is -0.108. The zero-order valence-corrected chi connectivity index (χ0v) is 16.7. The summed E-state index contributed by atoms with van der Waals surface area (Å²) in [5.41, 5.74) is 3.01. The number of esters is 2. The fraction of sp³-hybridized carbons (Fsp3) is 0.273. The van der Waals surface area contributed by atoms with E-state index in [9.17, 15) is 9.59 Å². The molecule has 30 heavy (non-hydrogen) atoms. The second-order valence-corrected chi connectivity index (χ2v) is 6.81. The van der Waals surface area contributed by atoms with Crippen LogP contribution in [0.5, 0.6) is 0 Å². The van der Waals surface area contributed by atoms with Gasteiger partial charge in [0.15, 0.2) is 11.6 Å². The number of H-pyrrole nitrogens is 2. The Kier molecular flexibility index (Phi) is 5.47. The summed E-state index contributed by atoms with van der Waals surface area (Å²) in [5, 5.41) is 0. The van der Waals surface area contributed by atoms with Crippen molar-refractivity contribution in [2.45, 2.75) is 38.9 Å². The summed E-state index contributed by atoms with van der Waals surface area (Å²) in [4.78, 5) is 40.0. The van der Waals surface area contributed by atoms with Gasteiger partial charge in [-0.1, -0.05) is 38.1 Å². The van der Waals surface area contributed by atoms with E-state index in [0.717, 1.165) is 22.1 Å². The highest BCUT2D eigenvalue weighted by molar-refractivity contribution is 5.76. The molecule has 0 aliphatic carbocycles. The average Bonchev–Trinajstić information content (AvgIpc) is 3.39. The van der Waals surface area contributed by atoms with Crippen LogP contribution in [0, 0.1) is 0 Å². The van der Waals surface area contributed by atoms with Gasteiger partial charge in [0.05, 0.1) is 22.1 Å². The number of fused-ring (bicyclic) bond motifs is 2. The summed E-state index contributed by atoms with van der Waals surface area (Å²) in [6.45, 7) is 3.40. The van der Waals surface area contributed by atoms with Gasteiger partial charge in [-0.2, -0.15) is 0 Å². The fourth-order valence-corrected chi connectivity index (χ4v) is 3.19. The van der Waals surface area contributed by atoms with Crippen LogP contribution < -0.4 is 0 Å². The third kappa shape index (κ3) is 3.89. The highest BCUT2D eigenvalue weighted by Gasteiger charge is 2.36. The van der Waals surface area contributed by atoms with Crippen LogP contribution in [0.4, 0.5) is 0 Å². The van der Waals surface area contributed by atoms with Crippen LogP contribution in [0.25, 0.3) is 22.1 Å². The average molecular weight is 406 g/mol. The molecular formula is C22H22N4O4.